The molecule has 3 heterocycles. The van der Waals surface area contributed by atoms with Crippen molar-refractivity contribution < 1.29 is 18.3 Å². The van der Waals surface area contributed by atoms with Gasteiger partial charge in [-0.1, -0.05) is 41.9 Å². The van der Waals surface area contributed by atoms with Crippen LogP contribution < -0.4 is 10.1 Å². The van der Waals surface area contributed by atoms with Gasteiger partial charge < -0.3 is 10.1 Å². The fourth-order valence-electron chi connectivity index (χ4n) is 4.00. The average Bonchev–Trinajstić information content (AvgIpc) is 3.47. The topological polar surface area (TPSA) is 86.3 Å². The molecule has 2 aromatic carbocycles. The Bertz CT molecular complexity index is 1610. The number of methoxy groups -OCH3 is 1. The number of fused-ring (bicyclic) bond motifs is 1. The van der Waals surface area contributed by atoms with Gasteiger partial charge in [0.2, 0.25) is 0 Å². The van der Waals surface area contributed by atoms with E-state index in [2.05, 4.69) is 20.5 Å². The molecule has 0 saturated carbocycles. The van der Waals surface area contributed by atoms with Gasteiger partial charge in [0.1, 0.15) is 17.0 Å². The number of hydrogen-bond donors (Lipinski definition) is 1. The molecule has 0 saturated heterocycles. The molecule has 5 aromatic rings. The third-order valence-electron chi connectivity index (χ3n) is 5.85. The highest BCUT2D eigenvalue weighted by Gasteiger charge is 2.23. The van der Waals surface area contributed by atoms with Gasteiger partial charge in [0.05, 0.1) is 25.5 Å². The van der Waals surface area contributed by atoms with Crippen molar-refractivity contribution in [1.82, 2.24) is 24.4 Å². The van der Waals surface area contributed by atoms with Crippen LogP contribution in [0.25, 0.3) is 16.9 Å². The Labute approximate surface area is 215 Å². The second-order valence-corrected chi connectivity index (χ2v) is 8.64. The lowest BCUT2D eigenvalue weighted by molar-refractivity contribution is 0.102. The van der Waals surface area contributed by atoms with E-state index in [0.717, 1.165) is 15.8 Å². The standard InChI is InChI=1S/C26H21ClF2N6O2/c1-15-11-23(33-34(15)14-16-7-3-5-9-19(16)27)32-26(36)18-13-30-35-21(24(28)29)12-20(31-25(18)35)17-8-4-6-10-22(17)37-2/h3-13,24H,14H2,1-2H3,(H,32,33,36). The maximum Gasteiger partial charge on any atom is 0.280 e. The van der Waals surface area contributed by atoms with Gasteiger partial charge in [-0.3, -0.25) is 9.48 Å². The molecule has 3 aromatic heterocycles. The highest BCUT2D eigenvalue weighted by atomic mass is 35.5. The first-order chi connectivity index (χ1) is 17.9. The van der Waals surface area contributed by atoms with Crippen LogP contribution in [0, 0.1) is 6.92 Å². The molecule has 5 rings (SSSR count). The maximum absolute atomic E-state index is 13.9. The molecule has 0 aliphatic heterocycles. The summed E-state index contributed by atoms with van der Waals surface area (Å²) in [7, 11) is 1.48. The molecule has 0 radical (unpaired) electrons. The van der Waals surface area contributed by atoms with Gasteiger partial charge in [0.25, 0.3) is 12.3 Å². The summed E-state index contributed by atoms with van der Waals surface area (Å²) in [5.74, 6) is 0.177. The van der Waals surface area contributed by atoms with Gasteiger partial charge in [0, 0.05) is 22.3 Å². The Morgan fingerprint density at radius 2 is 1.89 bits per heavy atom. The second kappa shape index (κ2) is 9.98. The van der Waals surface area contributed by atoms with Crippen molar-refractivity contribution >= 4 is 29.0 Å². The molecule has 0 aliphatic carbocycles. The number of rotatable bonds is 7. The van der Waals surface area contributed by atoms with E-state index in [-0.39, 0.29) is 16.9 Å². The number of benzene rings is 2. The molecule has 0 fully saturated rings. The number of para-hydroxylation sites is 1. The van der Waals surface area contributed by atoms with Crippen LogP contribution in [0.2, 0.25) is 5.02 Å². The molecule has 1 N–H and O–H groups in total. The molecule has 0 bridgehead atoms. The number of ether oxygens (including phenoxy) is 1. The number of anilines is 1. The minimum absolute atomic E-state index is 0.0107. The molecule has 11 heteroatoms. The number of aryl methyl sites for hydroxylation is 1. The van der Waals surface area contributed by atoms with Crippen LogP contribution >= 0.6 is 11.6 Å². The fraction of sp³-hybridized carbons (Fsp3) is 0.154. The Morgan fingerprint density at radius 3 is 2.65 bits per heavy atom. The lowest BCUT2D eigenvalue weighted by Crippen LogP contribution is -2.14. The summed E-state index contributed by atoms with van der Waals surface area (Å²) < 4.78 is 35.9. The Kier molecular flexibility index (Phi) is 6.58. The summed E-state index contributed by atoms with van der Waals surface area (Å²) in [5, 5.41) is 11.8. The highest BCUT2D eigenvalue weighted by molar-refractivity contribution is 6.31. The summed E-state index contributed by atoms with van der Waals surface area (Å²) in [5.41, 5.74) is 2.03. The van der Waals surface area contributed by atoms with Crippen molar-refractivity contribution in [1.29, 1.82) is 0 Å². The third-order valence-corrected chi connectivity index (χ3v) is 6.22. The van der Waals surface area contributed by atoms with Crippen molar-refractivity contribution in [2.45, 2.75) is 19.9 Å². The lowest BCUT2D eigenvalue weighted by Gasteiger charge is -2.11. The van der Waals surface area contributed by atoms with E-state index in [4.69, 9.17) is 16.3 Å². The lowest BCUT2D eigenvalue weighted by atomic mass is 10.1. The van der Waals surface area contributed by atoms with E-state index in [0.29, 0.717) is 28.7 Å². The van der Waals surface area contributed by atoms with Gasteiger partial charge in [0.15, 0.2) is 11.5 Å². The quantitative estimate of drug-likeness (QED) is 0.292. The summed E-state index contributed by atoms with van der Waals surface area (Å²) in [6, 6.07) is 17.3. The largest absolute Gasteiger partial charge is 0.496 e. The van der Waals surface area contributed by atoms with Gasteiger partial charge in [-0.15, -0.1) is 0 Å². The number of carbonyl (C=O) groups excluding carboxylic acids is 1. The van der Waals surface area contributed by atoms with Crippen LogP contribution in [0.4, 0.5) is 14.6 Å². The number of alkyl halides is 2. The summed E-state index contributed by atoms with van der Waals surface area (Å²) in [4.78, 5) is 17.7. The number of aromatic nitrogens is 5. The SMILES string of the molecule is COc1ccccc1-c1cc(C(F)F)n2ncc(C(=O)Nc3cc(C)n(Cc4ccccc4Cl)n3)c2n1. The number of nitrogens with zero attached hydrogens (tertiary/aromatic N) is 5. The first-order valence-electron chi connectivity index (χ1n) is 11.2. The van der Waals surface area contributed by atoms with Crippen LogP contribution in [0.3, 0.4) is 0 Å². The smallest absolute Gasteiger partial charge is 0.280 e. The minimum Gasteiger partial charge on any atom is -0.496 e. The number of nitrogens with one attached hydrogen (secondary N) is 1. The van der Waals surface area contributed by atoms with Crippen molar-refractivity contribution in [2.24, 2.45) is 0 Å². The first kappa shape index (κ1) is 24.4. The van der Waals surface area contributed by atoms with E-state index in [1.807, 2.05) is 25.1 Å². The summed E-state index contributed by atoms with van der Waals surface area (Å²) in [6.45, 7) is 2.27. The summed E-state index contributed by atoms with van der Waals surface area (Å²) >= 11 is 6.26. The molecule has 0 aliphatic rings. The van der Waals surface area contributed by atoms with E-state index in [1.165, 1.54) is 19.4 Å². The van der Waals surface area contributed by atoms with E-state index in [9.17, 15) is 13.6 Å². The Balaban J connectivity index is 1.49. The van der Waals surface area contributed by atoms with Crippen LogP contribution in [0.15, 0.2) is 66.9 Å². The maximum atomic E-state index is 13.9. The van der Waals surface area contributed by atoms with Crippen LogP contribution in [-0.4, -0.2) is 37.4 Å². The molecule has 37 heavy (non-hydrogen) atoms. The Morgan fingerprint density at radius 1 is 1.14 bits per heavy atom. The number of amides is 1. The van der Waals surface area contributed by atoms with Gasteiger partial charge in [-0.05, 0) is 36.8 Å². The number of carbonyl (C=O) groups is 1. The zero-order valence-corrected chi connectivity index (χ0v) is 20.6. The minimum atomic E-state index is -2.85. The van der Waals surface area contributed by atoms with Crippen LogP contribution in [0.1, 0.15) is 33.7 Å². The van der Waals surface area contributed by atoms with Crippen molar-refractivity contribution in [3.63, 3.8) is 0 Å². The number of halogens is 3. The zero-order valence-electron chi connectivity index (χ0n) is 19.8. The third kappa shape index (κ3) is 4.75. The van der Waals surface area contributed by atoms with Crippen LogP contribution in [0.5, 0.6) is 5.75 Å². The Hall–Kier alpha value is -4.31. The average molecular weight is 523 g/mol. The van der Waals surface area contributed by atoms with E-state index < -0.39 is 18.0 Å². The van der Waals surface area contributed by atoms with Crippen molar-refractivity contribution in [2.75, 3.05) is 12.4 Å². The second-order valence-electron chi connectivity index (χ2n) is 8.24. The molecule has 8 nitrogen and oxygen atoms in total. The van der Waals surface area contributed by atoms with E-state index >= 15 is 0 Å². The number of hydrogen-bond acceptors (Lipinski definition) is 5. The van der Waals surface area contributed by atoms with Crippen LogP contribution in [-0.2, 0) is 6.54 Å². The molecule has 188 valence electrons. The molecule has 0 spiro atoms. The molecule has 1 amide bonds. The van der Waals surface area contributed by atoms with Crippen molar-refractivity contribution in [3.05, 3.63) is 94.4 Å². The first-order valence-corrected chi connectivity index (χ1v) is 11.6. The molecule has 0 unspecified atom stereocenters. The molecular weight excluding hydrogens is 502 g/mol. The van der Waals surface area contributed by atoms with Gasteiger partial charge in [-0.2, -0.15) is 10.2 Å². The van der Waals surface area contributed by atoms with E-state index in [1.54, 1.807) is 41.1 Å². The summed E-state index contributed by atoms with van der Waals surface area (Å²) in [6.07, 6.45) is -1.64. The van der Waals surface area contributed by atoms with Gasteiger partial charge >= 0.3 is 0 Å². The normalized spacial score (nSPS) is 11.3. The molecule has 0 atom stereocenters. The molecular formula is C26H21ClF2N6O2. The predicted octanol–water partition coefficient (Wildman–Crippen LogP) is 5.80. The monoisotopic (exact) mass is 522 g/mol. The van der Waals surface area contributed by atoms with Gasteiger partial charge in [-0.25, -0.2) is 18.3 Å². The highest BCUT2D eigenvalue weighted by Crippen LogP contribution is 2.32. The zero-order chi connectivity index (χ0) is 26.1. The predicted molar refractivity (Wildman–Crippen MR) is 135 cm³/mol. The van der Waals surface area contributed by atoms with Crippen molar-refractivity contribution in [3.8, 4) is 17.0 Å². The fourth-order valence-corrected chi connectivity index (χ4v) is 4.19.